The Morgan fingerprint density at radius 2 is 1.53 bits per heavy atom. The number of hydrogen-bond acceptors (Lipinski definition) is 4. The zero-order valence-electron chi connectivity index (χ0n) is 11.1. The third kappa shape index (κ3) is 5.03. The highest BCUT2D eigenvalue weighted by Gasteiger charge is 2.49. The van der Waals surface area contributed by atoms with Crippen LogP contribution in [0.4, 0.5) is 4.79 Å². The minimum Gasteiger partial charge on any atom is -0.373 e. The molecule has 3 N–H and O–H groups in total. The average Bonchev–Trinajstić information content (AvgIpc) is 2.26. The topological polar surface area (TPSA) is 82.8 Å². The summed E-state index contributed by atoms with van der Waals surface area (Å²) >= 11 is 0. The molecule has 0 bridgehead atoms. The van der Waals surface area contributed by atoms with Crippen molar-refractivity contribution in [1.82, 2.24) is 5.32 Å². The van der Waals surface area contributed by atoms with E-state index in [1.807, 2.05) is 27.7 Å². The zero-order chi connectivity index (χ0) is 13.3. The monoisotopic (exact) mass is 264 g/mol. The van der Waals surface area contributed by atoms with E-state index in [2.05, 4.69) is 5.32 Å². The Morgan fingerprint density at radius 3 is 1.76 bits per heavy atom. The number of amides is 2. The van der Waals surface area contributed by atoms with Crippen molar-refractivity contribution < 1.29 is 18.1 Å². The largest absolute Gasteiger partial charge is 0.524 e. The molecule has 0 aliphatic heterocycles. The molecule has 1 atom stereocenters. The lowest BCUT2D eigenvalue weighted by atomic mass is 10.5. The number of carbonyl (C=O) groups excluding carboxylic acids is 1. The fourth-order valence-corrected chi connectivity index (χ4v) is 4.52. The molecule has 0 aromatic carbocycles. The molecule has 0 unspecified atom stereocenters. The molecular formula is C10H24N2O4Si. The second-order valence-corrected chi connectivity index (χ2v) is 6.14. The van der Waals surface area contributed by atoms with Crippen molar-refractivity contribution in [2.24, 2.45) is 5.73 Å². The molecule has 0 aromatic rings. The summed E-state index contributed by atoms with van der Waals surface area (Å²) in [5.41, 5.74) is 4.85. The van der Waals surface area contributed by atoms with Gasteiger partial charge in [0.05, 0.1) is 0 Å². The standard InChI is InChI=1S/C10H24N2O4Si/c1-5-9(12-10(11)13)17(14-6-2,15-7-3)16-8-4/h9H,5-8H2,1-4H3,(H3,11,12,13)/t9-/m1/s1. The van der Waals surface area contributed by atoms with Crippen molar-refractivity contribution in [3.63, 3.8) is 0 Å². The minimum atomic E-state index is -2.90. The second-order valence-electron chi connectivity index (χ2n) is 3.37. The van der Waals surface area contributed by atoms with Gasteiger partial charge in [-0.05, 0) is 27.2 Å². The lowest BCUT2D eigenvalue weighted by molar-refractivity contribution is 0.0585. The van der Waals surface area contributed by atoms with Crippen molar-refractivity contribution >= 4 is 14.8 Å². The quantitative estimate of drug-likeness (QED) is 0.609. The van der Waals surface area contributed by atoms with Gasteiger partial charge in [-0.25, -0.2) is 4.79 Å². The summed E-state index contributed by atoms with van der Waals surface area (Å²) in [5, 5.41) is 2.65. The van der Waals surface area contributed by atoms with E-state index < -0.39 is 14.8 Å². The molecule has 0 spiro atoms. The van der Waals surface area contributed by atoms with E-state index in [1.165, 1.54) is 0 Å². The molecule has 0 aliphatic rings. The van der Waals surface area contributed by atoms with Crippen LogP contribution in [0.1, 0.15) is 34.1 Å². The molecule has 0 saturated heterocycles. The van der Waals surface area contributed by atoms with Crippen LogP contribution in [0, 0.1) is 0 Å². The Balaban J connectivity index is 4.96. The molecule has 6 nitrogen and oxygen atoms in total. The molecule has 0 rings (SSSR count). The molecule has 2 amide bonds. The molecule has 0 aromatic heterocycles. The molecular weight excluding hydrogens is 240 g/mol. The minimum absolute atomic E-state index is 0.306. The van der Waals surface area contributed by atoms with Gasteiger partial charge in [0.2, 0.25) is 0 Å². The first kappa shape index (κ1) is 16.4. The SMILES string of the molecule is CCO[Si](OCC)(OCC)[C@H](CC)NC(N)=O. The fourth-order valence-electron chi connectivity index (χ4n) is 1.64. The number of hydrogen-bond donors (Lipinski definition) is 2. The predicted molar refractivity (Wildman–Crippen MR) is 67.4 cm³/mol. The molecule has 0 saturated carbocycles. The summed E-state index contributed by atoms with van der Waals surface area (Å²) in [6.07, 6.45) is 0.648. The van der Waals surface area contributed by atoms with Gasteiger partial charge in [-0.1, -0.05) is 6.92 Å². The van der Waals surface area contributed by atoms with E-state index in [0.717, 1.165) is 0 Å². The van der Waals surface area contributed by atoms with Gasteiger partial charge in [-0.2, -0.15) is 0 Å². The lowest BCUT2D eigenvalue weighted by Crippen LogP contribution is -2.63. The summed E-state index contributed by atoms with van der Waals surface area (Å²) in [5.74, 6) is 0. The predicted octanol–water partition coefficient (Wildman–Crippen LogP) is 1.02. The van der Waals surface area contributed by atoms with Crippen LogP contribution in [0.3, 0.4) is 0 Å². The van der Waals surface area contributed by atoms with E-state index in [9.17, 15) is 4.79 Å². The molecule has 0 fully saturated rings. The Labute approximate surface area is 104 Å². The lowest BCUT2D eigenvalue weighted by Gasteiger charge is -2.34. The highest BCUT2D eigenvalue weighted by atomic mass is 28.4. The summed E-state index contributed by atoms with van der Waals surface area (Å²) in [6.45, 7) is 8.97. The molecule has 0 heterocycles. The van der Waals surface area contributed by atoms with Crippen molar-refractivity contribution in [2.75, 3.05) is 19.8 Å². The smallest absolute Gasteiger partial charge is 0.373 e. The number of nitrogens with two attached hydrogens (primary N) is 1. The van der Waals surface area contributed by atoms with Gasteiger partial charge in [0.25, 0.3) is 0 Å². The van der Waals surface area contributed by atoms with Gasteiger partial charge in [0.1, 0.15) is 5.67 Å². The Bertz CT molecular complexity index is 211. The molecule has 17 heavy (non-hydrogen) atoms. The summed E-state index contributed by atoms with van der Waals surface area (Å²) < 4.78 is 17.1. The van der Waals surface area contributed by atoms with Crippen LogP contribution >= 0.6 is 0 Å². The average molecular weight is 264 g/mol. The molecule has 0 radical (unpaired) electrons. The third-order valence-electron chi connectivity index (χ3n) is 2.19. The van der Waals surface area contributed by atoms with Crippen LogP contribution < -0.4 is 11.1 Å². The van der Waals surface area contributed by atoms with Crippen LogP contribution in [0.15, 0.2) is 0 Å². The first-order chi connectivity index (χ1) is 8.06. The van der Waals surface area contributed by atoms with E-state index in [1.54, 1.807) is 0 Å². The van der Waals surface area contributed by atoms with Crippen LogP contribution in [0.2, 0.25) is 0 Å². The van der Waals surface area contributed by atoms with E-state index in [4.69, 9.17) is 19.0 Å². The Kier molecular flexibility index (Phi) is 8.14. The number of carbonyl (C=O) groups is 1. The summed E-state index contributed by atoms with van der Waals surface area (Å²) in [7, 11) is -2.90. The Hall–Kier alpha value is -0.633. The van der Waals surface area contributed by atoms with Gasteiger partial charge in [0.15, 0.2) is 0 Å². The van der Waals surface area contributed by atoms with Crippen molar-refractivity contribution in [3.05, 3.63) is 0 Å². The first-order valence-electron chi connectivity index (χ1n) is 6.04. The number of urea groups is 1. The van der Waals surface area contributed by atoms with Crippen LogP contribution in [-0.2, 0) is 13.3 Å². The van der Waals surface area contributed by atoms with Gasteiger partial charge in [-0.3, -0.25) is 0 Å². The maximum Gasteiger partial charge on any atom is 0.524 e. The Morgan fingerprint density at radius 1 is 1.12 bits per heavy atom. The van der Waals surface area contributed by atoms with Gasteiger partial charge in [-0.15, -0.1) is 0 Å². The highest BCUT2D eigenvalue weighted by molar-refractivity contribution is 6.62. The fraction of sp³-hybridized carbons (Fsp3) is 0.900. The highest BCUT2D eigenvalue weighted by Crippen LogP contribution is 2.17. The zero-order valence-corrected chi connectivity index (χ0v) is 12.1. The molecule has 102 valence electrons. The van der Waals surface area contributed by atoms with Crippen LogP contribution in [-0.4, -0.2) is 40.3 Å². The second kappa shape index (κ2) is 8.46. The van der Waals surface area contributed by atoms with Crippen molar-refractivity contribution in [1.29, 1.82) is 0 Å². The van der Waals surface area contributed by atoms with Gasteiger partial charge >= 0.3 is 14.8 Å². The summed E-state index contributed by atoms with van der Waals surface area (Å²) in [6, 6.07) is -0.590. The molecule has 7 heteroatoms. The van der Waals surface area contributed by atoms with Crippen molar-refractivity contribution in [3.8, 4) is 0 Å². The molecule has 0 aliphatic carbocycles. The van der Waals surface area contributed by atoms with Crippen molar-refractivity contribution in [2.45, 2.75) is 39.8 Å². The number of nitrogens with one attached hydrogen (secondary N) is 1. The number of rotatable bonds is 9. The summed E-state index contributed by atoms with van der Waals surface area (Å²) in [4.78, 5) is 11.0. The normalized spacial score (nSPS) is 13.4. The van der Waals surface area contributed by atoms with E-state index >= 15 is 0 Å². The van der Waals surface area contributed by atoms with Gasteiger partial charge in [0, 0.05) is 19.8 Å². The number of primary amides is 1. The van der Waals surface area contributed by atoms with Gasteiger partial charge < -0.3 is 24.3 Å². The first-order valence-corrected chi connectivity index (χ1v) is 7.84. The van der Waals surface area contributed by atoms with Crippen LogP contribution in [0.25, 0.3) is 0 Å². The van der Waals surface area contributed by atoms with E-state index in [-0.39, 0.29) is 5.67 Å². The van der Waals surface area contributed by atoms with Crippen LogP contribution in [0.5, 0.6) is 0 Å². The maximum absolute atomic E-state index is 11.0. The third-order valence-corrected chi connectivity index (χ3v) is 5.67. The van der Waals surface area contributed by atoms with E-state index in [0.29, 0.717) is 26.2 Å². The maximum atomic E-state index is 11.0.